The summed E-state index contributed by atoms with van der Waals surface area (Å²) in [6.07, 6.45) is 4.51. The molecule has 94 valence electrons. The minimum atomic E-state index is 0.616. The van der Waals surface area contributed by atoms with E-state index in [-0.39, 0.29) is 0 Å². The van der Waals surface area contributed by atoms with Crippen LogP contribution in [0.25, 0.3) is 0 Å². The van der Waals surface area contributed by atoms with Crippen molar-refractivity contribution in [2.75, 3.05) is 24.5 Å². The van der Waals surface area contributed by atoms with Gasteiger partial charge in [-0.15, -0.1) is 0 Å². The molecule has 1 atom stereocenters. The number of nitrogens with one attached hydrogen (secondary N) is 1. The fourth-order valence-electron chi connectivity index (χ4n) is 2.30. The molecule has 0 amide bonds. The van der Waals surface area contributed by atoms with Crippen LogP contribution in [0.5, 0.6) is 0 Å². The van der Waals surface area contributed by atoms with E-state index in [4.69, 9.17) is 0 Å². The summed E-state index contributed by atoms with van der Waals surface area (Å²) in [5, 5.41) is 3.54. The molecule has 1 fully saturated rings. The highest BCUT2D eigenvalue weighted by atomic mass is 79.9. The molecule has 0 spiro atoms. The summed E-state index contributed by atoms with van der Waals surface area (Å²) < 4.78 is 1.09. The average Bonchev–Trinajstić information content (AvgIpc) is 2.79. The molecule has 0 radical (unpaired) electrons. The fraction of sp³-hybridized carbons (Fsp3) is 0.615. The second kappa shape index (κ2) is 5.83. The molecule has 1 saturated heterocycles. The fourth-order valence-corrected chi connectivity index (χ4v) is 3.02. The van der Waals surface area contributed by atoms with E-state index in [2.05, 4.69) is 51.0 Å². The number of nitrogens with zero attached hydrogens (tertiary/aromatic N) is 2. The Morgan fingerprint density at radius 1 is 1.59 bits per heavy atom. The van der Waals surface area contributed by atoms with Crippen LogP contribution in [0, 0.1) is 6.92 Å². The summed E-state index contributed by atoms with van der Waals surface area (Å²) in [5.41, 5.74) is 1.19. The molecule has 1 aliphatic rings. The van der Waals surface area contributed by atoms with Crippen molar-refractivity contribution in [3.05, 3.63) is 22.3 Å². The van der Waals surface area contributed by atoms with E-state index in [9.17, 15) is 0 Å². The molecule has 1 aromatic rings. The van der Waals surface area contributed by atoms with E-state index in [0.29, 0.717) is 6.04 Å². The van der Waals surface area contributed by atoms with Gasteiger partial charge in [0.2, 0.25) is 0 Å². The first-order chi connectivity index (χ1) is 8.20. The van der Waals surface area contributed by atoms with Gasteiger partial charge < -0.3 is 10.2 Å². The van der Waals surface area contributed by atoms with Crippen LogP contribution in [0.2, 0.25) is 0 Å². The number of aryl methyl sites for hydroxylation is 1. The molecule has 2 rings (SSSR count). The Hall–Kier alpha value is -0.610. The SMILES string of the molecule is CCN(CC1CCCN1)c1ncc(C)cc1Br. The maximum atomic E-state index is 4.54. The van der Waals surface area contributed by atoms with Crippen LogP contribution in [0.3, 0.4) is 0 Å². The zero-order valence-electron chi connectivity index (χ0n) is 10.5. The highest BCUT2D eigenvalue weighted by Gasteiger charge is 2.19. The first kappa shape index (κ1) is 12.8. The van der Waals surface area contributed by atoms with Crippen molar-refractivity contribution in [2.45, 2.75) is 32.7 Å². The molecular formula is C13H20BrN3. The van der Waals surface area contributed by atoms with E-state index < -0.39 is 0 Å². The largest absolute Gasteiger partial charge is 0.354 e. The van der Waals surface area contributed by atoms with E-state index in [1.165, 1.54) is 18.4 Å². The van der Waals surface area contributed by atoms with Gasteiger partial charge in [0, 0.05) is 25.3 Å². The van der Waals surface area contributed by atoms with Crippen molar-refractivity contribution in [3.63, 3.8) is 0 Å². The van der Waals surface area contributed by atoms with Crippen LogP contribution in [-0.4, -0.2) is 30.7 Å². The number of hydrogen-bond donors (Lipinski definition) is 1. The minimum absolute atomic E-state index is 0.616. The smallest absolute Gasteiger partial charge is 0.142 e. The van der Waals surface area contributed by atoms with Crippen LogP contribution < -0.4 is 10.2 Å². The Labute approximate surface area is 112 Å². The summed E-state index contributed by atoms with van der Waals surface area (Å²) in [6, 6.07) is 2.75. The summed E-state index contributed by atoms with van der Waals surface area (Å²) >= 11 is 3.61. The minimum Gasteiger partial charge on any atom is -0.354 e. The van der Waals surface area contributed by atoms with Crippen molar-refractivity contribution in [1.82, 2.24) is 10.3 Å². The van der Waals surface area contributed by atoms with E-state index in [0.717, 1.165) is 29.9 Å². The Balaban J connectivity index is 2.10. The highest BCUT2D eigenvalue weighted by Crippen LogP contribution is 2.25. The van der Waals surface area contributed by atoms with Crippen LogP contribution in [0.4, 0.5) is 5.82 Å². The Morgan fingerprint density at radius 3 is 3.00 bits per heavy atom. The number of aromatic nitrogens is 1. The van der Waals surface area contributed by atoms with Gasteiger partial charge in [-0.1, -0.05) is 0 Å². The van der Waals surface area contributed by atoms with Gasteiger partial charge >= 0.3 is 0 Å². The maximum absolute atomic E-state index is 4.54. The zero-order valence-corrected chi connectivity index (χ0v) is 12.1. The molecule has 0 aliphatic carbocycles. The van der Waals surface area contributed by atoms with Gasteiger partial charge in [0.1, 0.15) is 5.82 Å². The summed E-state index contributed by atoms with van der Waals surface area (Å²) in [4.78, 5) is 6.88. The molecule has 0 saturated carbocycles. The molecule has 0 aromatic carbocycles. The van der Waals surface area contributed by atoms with Crippen molar-refractivity contribution >= 4 is 21.7 Å². The lowest BCUT2D eigenvalue weighted by Crippen LogP contribution is -2.38. The molecule has 1 unspecified atom stereocenters. The first-order valence-electron chi connectivity index (χ1n) is 6.31. The normalized spacial score (nSPS) is 19.6. The Bertz CT molecular complexity index is 375. The lowest BCUT2D eigenvalue weighted by Gasteiger charge is -2.26. The van der Waals surface area contributed by atoms with Crippen molar-refractivity contribution in [1.29, 1.82) is 0 Å². The lowest BCUT2D eigenvalue weighted by molar-refractivity contribution is 0.583. The topological polar surface area (TPSA) is 28.2 Å². The molecule has 0 bridgehead atoms. The second-order valence-electron chi connectivity index (χ2n) is 4.65. The Kier molecular flexibility index (Phi) is 4.40. The molecular weight excluding hydrogens is 278 g/mol. The quantitative estimate of drug-likeness (QED) is 0.926. The second-order valence-corrected chi connectivity index (χ2v) is 5.50. The van der Waals surface area contributed by atoms with E-state index in [1.807, 2.05) is 6.20 Å². The molecule has 1 N–H and O–H groups in total. The third-order valence-corrected chi connectivity index (χ3v) is 3.83. The molecule has 1 aliphatic heterocycles. The van der Waals surface area contributed by atoms with Gasteiger partial charge in [-0.2, -0.15) is 0 Å². The summed E-state index contributed by atoms with van der Waals surface area (Å²) in [5.74, 6) is 1.06. The van der Waals surface area contributed by atoms with Crippen LogP contribution in [0.1, 0.15) is 25.3 Å². The maximum Gasteiger partial charge on any atom is 0.142 e. The molecule has 17 heavy (non-hydrogen) atoms. The molecule has 1 aromatic heterocycles. The van der Waals surface area contributed by atoms with Crippen LogP contribution >= 0.6 is 15.9 Å². The number of pyridine rings is 1. The number of halogens is 1. The lowest BCUT2D eigenvalue weighted by atomic mass is 10.2. The molecule has 2 heterocycles. The van der Waals surface area contributed by atoms with Crippen molar-refractivity contribution in [2.24, 2.45) is 0 Å². The third kappa shape index (κ3) is 3.19. The van der Waals surface area contributed by atoms with Gasteiger partial charge in [-0.3, -0.25) is 0 Å². The standard InChI is InChI=1S/C13H20BrN3/c1-3-17(9-11-5-4-6-15-11)13-12(14)7-10(2)8-16-13/h7-8,11,15H,3-6,9H2,1-2H3. The molecule has 4 heteroatoms. The van der Waals surface area contributed by atoms with Gasteiger partial charge in [-0.25, -0.2) is 4.98 Å². The number of rotatable bonds is 4. The van der Waals surface area contributed by atoms with E-state index in [1.54, 1.807) is 0 Å². The zero-order chi connectivity index (χ0) is 12.3. The predicted octanol–water partition coefficient (Wildman–Crippen LogP) is 2.73. The van der Waals surface area contributed by atoms with E-state index >= 15 is 0 Å². The average molecular weight is 298 g/mol. The van der Waals surface area contributed by atoms with Gasteiger partial charge in [0.05, 0.1) is 4.47 Å². The summed E-state index contributed by atoms with van der Waals surface area (Å²) in [7, 11) is 0. The van der Waals surface area contributed by atoms with Crippen LogP contribution in [-0.2, 0) is 0 Å². The monoisotopic (exact) mass is 297 g/mol. The van der Waals surface area contributed by atoms with Crippen molar-refractivity contribution in [3.8, 4) is 0 Å². The predicted molar refractivity (Wildman–Crippen MR) is 75.6 cm³/mol. The number of anilines is 1. The summed E-state index contributed by atoms with van der Waals surface area (Å²) in [6.45, 7) is 7.45. The van der Waals surface area contributed by atoms with Gasteiger partial charge in [-0.05, 0) is 60.8 Å². The van der Waals surface area contributed by atoms with Crippen molar-refractivity contribution < 1.29 is 0 Å². The first-order valence-corrected chi connectivity index (χ1v) is 7.10. The number of likely N-dealkylation sites (N-methyl/N-ethyl adjacent to an activating group) is 1. The van der Waals surface area contributed by atoms with Gasteiger partial charge in [0.25, 0.3) is 0 Å². The third-order valence-electron chi connectivity index (χ3n) is 3.24. The Morgan fingerprint density at radius 2 is 2.41 bits per heavy atom. The molecule has 3 nitrogen and oxygen atoms in total. The van der Waals surface area contributed by atoms with Crippen LogP contribution in [0.15, 0.2) is 16.7 Å². The van der Waals surface area contributed by atoms with Gasteiger partial charge in [0.15, 0.2) is 0 Å². The highest BCUT2D eigenvalue weighted by molar-refractivity contribution is 9.10. The number of hydrogen-bond acceptors (Lipinski definition) is 3.